The van der Waals surface area contributed by atoms with Crippen molar-refractivity contribution in [1.82, 2.24) is 0 Å². The number of methoxy groups -OCH3 is 1. The smallest absolute Gasteiger partial charge is 0.247 e. The van der Waals surface area contributed by atoms with Crippen LogP contribution in [0.3, 0.4) is 0 Å². The molecule has 1 aliphatic rings. The van der Waals surface area contributed by atoms with Crippen LogP contribution in [0, 0.1) is 0 Å². The molecule has 2 N–H and O–H groups in total. The summed E-state index contributed by atoms with van der Waals surface area (Å²) in [6.45, 7) is 0. The maximum atomic E-state index is 12.0. The average molecular weight is 258 g/mol. The first kappa shape index (κ1) is 11.8. The summed E-state index contributed by atoms with van der Waals surface area (Å²) in [5.41, 5.74) is 6.65. The number of nitrogens with zero attached hydrogens (tertiary/aromatic N) is 1. The number of rotatable bonds is 3. The Kier molecular flexibility index (Phi) is 2.76. The van der Waals surface area contributed by atoms with Gasteiger partial charge in [-0.3, -0.25) is 9.69 Å². The predicted octanol–water partition coefficient (Wildman–Crippen LogP) is 1.70. The van der Waals surface area contributed by atoms with Crippen LogP contribution in [0.5, 0.6) is 5.75 Å². The third-order valence-corrected chi connectivity index (χ3v) is 3.33. The molecule has 3 rings (SSSR count). The van der Waals surface area contributed by atoms with Crippen LogP contribution in [0.25, 0.3) is 0 Å². The van der Waals surface area contributed by atoms with Crippen LogP contribution in [-0.4, -0.2) is 19.1 Å². The molecule has 1 fully saturated rings. The van der Waals surface area contributed by atoms with Crippen LogP contribution in [-0.2, 0) is 4.79 Å². The average Bonchev–Trinajstić information content (AvgIpc) is 2.97. The number of ether oxygens (including phenoxy) is 1. The highest BCUT2D eigenvalue weighted by Crippen LogP contribution is 2.38. The summed E-state index contributed by atoms with van der Waals surface area (Å²) >= 11 is 0. The first-order valence-electron chi connectivity index (χ1n) is 5.98. The zero-order chi connectivity index (χ0) is 13.4. The summed E-state index contributed by atoms with van der Waals surface area (Å²) in [6.07, 6.45) is 1.58. The molecule has 2 heterocycles. The van der Waals surface area contributed by atoms with Crippen molar-refractivity contribution in [3.63, 3.8) is 0 Å². The molecule has 19 heavy (non-hydrogen) atoms. The van der Waals surface area contributed by atoms with Crippen LogP contribution >= 0.6 is 0 Å². The minimum absolute atomic E-state index is 0.105. The maximum Gasteiger partial charge on any atom is 0.247 e. The second kappa shape index (κ2) is 4.44. The topological polar surface area (TPSA) is 68.7 Å². The minimum atomic E-state index is -0.548. The number of carbonyl (C=O) groups is 1. The van der Waals surface area contributed by atoms with E-state index in [9.17, 15) is 4.79 Å². The lowest BCUT2D eigenvalue weighted by Crippen LogP contribution is -2.63. The van der Waals surface area contributed by atoms with Gasteiger partial charge in [-0.1, -0.05) is 0 Å². The molecule has 0 aliphatic carbocycles. The van der Waals surface area contributed by atoms with Gasteiger partial charge in [-0.25, -0.2) is 0 Å². The van der Waals surface area contributed by atoms with Crippen molar-refractivity contribution < 1.29 is 13.9 Å². The number of benzene rings is 1. The summed E-state index contributed by atoms with van der Waals surface area (Å²) in [6, 6.07) is 10.1. The molecule has 2 aromatic rings. The lowest BCUT2D eigenvalue weighted by Gasteiger charge is -2.44. The zero-order valence-electron chi connectivity index (χ0n) is 10.4. The van der Waals surface area contributed by atoms with Crippen molar-refractivity contribution >= 4 is 11.6 Å². The van der Waals surface area contributed by atoms with Crippen molar-refractivity contribution in [3.05, 3.63) is 48.4 Å². The Morgan fingerprint density at radius 3 is 2.58 bits per heavy atom. The highest BCUT2D eigenvalue weighted by Gasteiger charge is 2.48. The maximum absolute atomic E-state index is 12.0. The molecule has 0 bridgehead atoms. The van der Waals surface area contributed by atoms with Gasteiger partial charge in [0.25, 0.3) is 0 Å². The van der Waals surface area contributed by atoms with Gasteiger partial charge in [0.2, 0.25) is 5.91 Å². The third kappa shape index (κ3) is 1.79. The SMILES string of the molecule is COc1ccc(N2C(=O)[C@@H](N)[C@@H]2c2ccco2)cc1. The highest BCUT2D eigenvalue weighted by molar-refractivity contribution is 6.05. The molecule has 1 amide bonds. The molecule has 1 aromatic carbocycles. The lowest BCUT2D eigenvalue weighted by atomic mass is 9.92. The van der Waals surface area contributed by atoms with E-state index in [2.05, 4.69) is 0 Å². The molecule has 2 atom stereocenters. The lowest BCUT2D eigenvalue weighted by molar-refractivity contribution is -0.126. The minimum Gasteiger partial charge on any atom is -0.497 e. The monoisotopic (exact) mass is 258 g/mol. The van der Waals surface area contributed by atoms with Gasteiger partial charge in [-0.15, -0.1) is 0 Å². The molecule has 0 spiro atoms. The summed E-state index contributed by atoms with van der Waals surface area (Å²) < 4.78 is 10.5. The predicted molar refractivity (Wildman–Crippen MR) is 69.9 cm³/mol. The van der Waals surface area contributed by atoms with E-state index in [-0.39, 0.29) is 11.9 Å². The van der Waals surface area contributed by atoms with Crippen LogP contribution < -0.4 is 15.4 Å². The van der Waals surface area contributed by atoms with E-state index in [1.807, 2.05) is 30.3 Å². The molecule has 1 aromatic heterocycles. The van der Waals surface area contributed by atoms with Crippen molar-refractivity contribution in [2.75, 3.05) is 12.0 Å². The number of nitrogens with two attached hydrogens (primary N) is 1. The van der Waals surface area contributed by atoms with Crippen LogP contribution in [0.4, 0.5) is 5.69 Å². The van der Waals surface area contributed by atoms with E-state index in [1.165, 1.54) is 0 Å². The van der Waals surface area contributed by atoms with Gasteiger partial charge in [-0.2, -0.15) is 0 Å². The van der Waals surface area contributed by atoms with Crippen molar-refractivity contribution in [2.45, 2.75) is 12.1 Å². The second-order valence-electron chi connectivity index (χ2n) is 4.39. The van der Waals surface area contributed by atoms with Crippen molar-refractivity contribution in [1.29, 1.82) is 0 Å². The molecule has 1 aliphatic heterocycles. The summed E-state index contributed by atoms with van der Waals surface area (Å²) in [5.74, 6) is 1.34. The molecule has 0 unspecified atom stereocenters. The second-order valence-corrected chi connectivity index (χ2v) is 4.39. The summed E-state index contributed by atoms with van der Waals surface area (Å²) in [5, 5.41) is 0. The first-order chi connectivity index (χ1) is 9.22. The third-order valence-electron chi connectivity index (χ3n) is 3.33. The Morgan fingerprint density at radius 1 is 1.26 bits per heavy atom. The summed E-state index contributed by atoms with van der Waals surface area (Å²) in [4.78, 5) is 13.6. The van der Waals surface area contributed by atoms with E-state index in [0.717, 1.165) is 11.4 Å². The van der Waals surface area contributed by atoms with Crippen molar-refractivity contribution in [3.8, 4) is 5.75 Å². The summed E-state index contributed by atoms with van der Waals surface area (Å²) in [7, 11) is 1.60. The number of carbonyl (C=O) groups excluding carboxylic acids is 1. The van der Waals surface area contributed by atoms with Gasteiger partial charge in [-0.05, 0) is 36.4 Å². The largest absolute Gasteiger partial charge is 0.497 e. The van der Waals surface area contributed by atoms with E-state index in [0.29, 0.717) is 5.76 Å². The fourth-order valence-electron chi connectivity index (χ4n) is 2.31. The first-order valence-corrected chi connectivity index (χ1v) is 5.98. The standard InChI is InChI=1S/C14H14N2O3/c1-18-10-6-4-9(5-7-10)16-13(12(15)14(16)17)11-3-2-8-19-11/h2-8,12-13H,15H2,1H3/t12-,13-/m0/s1. The van der Waals surface area contributed by atoms with Gasteiger partial charge in [0.05, 0.1) is 13.4 Å². The van der Waals surface area contributed by atoms with Gasteiger partial charge in [0, 0.05) is 5.69 Å². The number of anilines is 1. The van der Waals surface area contributed by atoms with Crippen LogP contribution in [0.1, 0.15) is 11.8 Å². The molecule has 5 heteroatoms. The molecule has 0 saturated carbocycles. The molecule has 5 nitrogen and oxygen atoms in total. The molecular weight excluding hydrogens is 244 g/mol. The normalized spacial score (nSPS) is 22.2. The van der Waals surface area contributed by atoms with Gasteiger partial charge in [0.15, 0.2) is 0 Å². The Bertz CT molecular complexity index is 577. The number of amides is 1. The Labute approximate surface area is 110 Å². The van der Waals surface area contributed by atoms with Gasteiger partial charge < -0.3 is 14.9 Å². The van der Waals surface area contributed by atoms with Crippen molar-refractivity contribution in [2.24, 2.45) is 5.73 Å². The number of hydrogen-bond donors (Lipinski definition) is 1. The number of furan rings is 1. The van der Waals surface area contributed by atoms with Gasteiger partial charge in [0.1, 0.15) is 23.6 Å². The Hall–Kier alpha value is -2.27. The molecule has 98 valence electrons. The molecule has 0 radical (unpaired) electrons. The zero-order valence-corrected chi connectivity index (χ0v) is 10.4. The van der Waals surface area contributed by atoms with E-state index >= 15 is 0 Å². The molecular formula is C14H14N2O3. The van der Waals surface area contributed by atoms with E-state index in [1.54, 1.807) is 24.3 Å². The van der Waals surface area contributed by atoms with Crippen LogP contribution in [0.15, 0.2) is 47.1 Å². The number of β-lactam (4-membered cyclic amide) rings is 1. The Balaban J connectivity index is 1.91. The fourth-order valence-corrected chi connectivity index (χ4v) is 2.31. The molecule has 1 saturated heterocycles. The fraction of sp³-hybridized carbons (Fsp3) is 0.214. The number of hydrogen-bond acceptors (Lipinski definition) is 4. The Morgan fingerprint density at radius 2 is 2.00 bits per heavy atom. The van der Waals surface area contributed by atoms with E-state index < -0.39 is 6.04 Å². The van der Waals surface area contributed by atoms with E-state index in [4.69, 9.17) is 14.9 Å². The van der Waals surface area contributed by atoms with Crippen LogP contribution in [0.2, 0.25) is 0 Å². The van der Waals surface area contributed by atoms with Gasteiger partial charge >= 0.3 is 0 Å². The quantitative estimate of drug-likeness (QED) is 0.851. The highest BCUT2D eigenvalue weighted by atomic mass is 16.5.